The minimum absolute atomic E-state index is 0.248. The number of likely N-dealkylation sites (tertiary alicyclic amines) is 2. The molecule has 160 valence electrons. The molecule has 0 spiro atoms. The molecule has 0 radical (unpaired) electrons. The van der Waals surface area contributed by atoms with E-state index in [1.165, 1.54) is 38.9 Å². The van der Waals surface area contributed by atoms with E-state index in [9.17, 15) is 0 Å². The molecule has 4 aliphatic heterocycles. The largest absolute Gasteiger partial charge is 0.381 e. The van der Waals surface area contributed by atoms with Crippen LogP contribution in [0.25, 0.3) is 0 Å². The van der Waals surface area contributed by atoms with Crippen LogP contribution in [0.4, 0.5) is 0 Å². The maximum atomic E-state index is 5.69. The van der Waals surface area contributed by atoms with Gasteiger partial charge in [-0.15, -0.1) is 0 Å². The molecule has 4 fully saturated rings. The lowest BCUT2D eigenvalue weighted by molar-refractivity contribution is -0.0166. The van der Waals surface area contributed by atoms with Gasteiger partial charge in [0.05, 0.1) is 13.2 Å². The van der Waals surface area contributed by atoms with E-state index in [-0.39, 0.29) is 5.54 Å². The minimum Gasteiger partial charge on any atom is -0.381 e. The Morgan fingerprint density at radius 3 is 2.43 bits per heavy atom. The molecular formula is C21H39N5O2. The first-order valence-corrected chi connectivity index (χ1v) is 11.4. The summed E-state index contributed by atoms with van der Waals surface area (Å²) in [6.45, 7) is 12.7. The first-order valence-electron chi connectivity index (χ1n) is 11.4. The maximum absolute atomic E-state index is 5.69. The first-order chi connectivity index (χ1) is 13.8. The van der Waals surface area contributed by atoms with E-state index in [0.717, 1.165) is 83.9 Å². The van der Waals surface area contributed by atoms with Gasteiger partial charge >= 0.3 is 0 Å². The first kappa shape index (κ1) is 20.4. The molecule has 0 aromatic carbocycles. The Morgan fingerprint density at radius 2 is 1.71 bits per heavy atom. The standard InChI is InChI=1S/C21H39N5O2/c1-22-20(25-9-4-19(17-25)16-24-10-14-28-15-11-24)23-18-21(5-12-27-13-6-21)26-7-2-3-8-26/h19H,2-18H2,1H3,(H,22,23). The summed E-state index contributed by atoms with van der Waals surface area (Å²) >= 11 is 0. The summed E-state index contributed by atoms with van der Waals surface area (Å²) in [5.41, 5.74) is 0.248. The summed E-state index contributed by atoms with van der Waals surface area (Å²) in [6, 6.07) is 0. The number of nitrogens with zero attached hydrogens (tertiary/aromatic N) is 4. The van der Waals surface area contributed by atoms with Crippen LogP contribution in [0, 0.1) is 5.92 Å². The number of nitrogens with one attached hydrogen (secondary N) is 1. The summed E-state index contributed by atoms with van der Waals surface area (Å²) < 4.78 is 11.2. The summed E-state index contributed by atoms with van der Waals surface area (Å²) in [7, 11) is 1.93. The van der Waals surface area contributed by atoms with Crippen molar-refractivity contribution in [2.75, 3.05) is 85.8 Å². The second kappa shape index (κ2) is 9.74. The summed E-state index contributed by atoms with van der Waals surface area (Å²) in [5, 5.41) is 3.77. The smallest absolute Gasteiger partial charge is 0.193 e. The Bertz CT molecular complexity index is 511. The number of morpholine rings is 1. The van der Waals surface area contributed by atoms with Crippen molar-refractivity contribution < 1.29 is 9.47 Å². The Morgan fingerprint density at radius 1 is 1.00 bits per heavy atom. The van der Waals surface area contributed by atoms with E-state index in [2.05, 4.69) is 25.0 Å². The minimum atomic E-state index is 0.248. The van der Waals surface area contributed by atoms with Gasteiger partial charge < -0.3 is 19.7 Å². The molecule has 0 saturated carbocycles. The van der Waals surface area contributed by atoms with E-state index in [1.54, 1.807) is 0 Å². The molecule has 7 nitrogen and oxygen atoms in total. The van der Waals surface area contributed by atoms with Crippen molar-refractivity contribution in [3.63, 3.8) is 0 Å². The van der Waals surface area contributed by atoms with Crippen molar-refractivity contribution in [1.82, 2.24) is 20.0 Å². The van der Waals surface area contributed by atoms with Gasteiger partial charge in [0.25, 0.3) is 0 Å². The molecule has 4 heterocycles. The van der Waals surface area contributed by atoms with Crippen LogP contribution in [0.5, 0.6) is 0 Å². The Hall–Kier alpha value is -0.890. The number of guanidine groups is 1. The molecule has 4 aliphatic rings. The zero-order chi connectivity index (χ0) is 19.2. The summed E-state index contributed by atoms with van der Waals surface area (Å²) in [5.74, 6) is 1.84. The number of aliphatic imine (C=N–C) groups is 1. The summed E-state index contributed by atoms with van der Waals surface area (Å²) in [6.07, 6.45) is 6.22. The lowest BCUT2D eigenvalue weighted by Crippen LogP contribution is -2.58. The lowest BCUT2D eigenvalue weighted by atomic mass is 9.88. The Labute approximate surface area is 170 Å². The summed E-state index contributed by atoms with van der Waals surface area (Å²) in [4.78, 5) is 12.4. The topological polar surface area (TPSA) is 52.6 Å². The van der Waals surface area contributed by atoms with Crippen molar-refractivity contribution in [2.45, 2.75) is 37.6 Å². The van der Waals surface area contributed by atoms with Gasteiger partial charge in [-0.2, -0.15) is 0 Å². The van der Waals surface area contributed by atoms with Crippen molar-refractivity contribution >= 4 is 5.96 Å². The normalized spacial score (nSPS) is 30.1. The van der Waals surface area contributed by atoms with Crippen LogP contribution in [0.2, 0.25) is 0 Å². The molecule has 4 saturated heterocycles. The van der Waals surface area contributed by atoms with Gasteiger partial charge in [-0.05, 0) is 51.1 Å². The van der Waals surface area contributed by atoms with E-state index in [0.29, 0.717) is 0 Å². The van der Waals surface area contributed by atoms with Gasteiger partial charge in [-0.1, -0.05) is 0 Å². The molecule has 0 bridgehead atoms. The van der Waals surface area contributed by atoms with Gasteiger partial charge in [0.15, 0.2) is 5.96 Å². The monoisotopic (exact) mass is 393 g/mol. The predicted molar refractivity (Wildman–Crippen MR) is 112 cm³/mol. The third kappa shape index (κ3) is 4.81. The van der Waals surface area contributed by atoms with Crippen LogP contribution in [-0.4, -0.2) is 112 Å². The van der Waals surface area contributed by atoms with Crippen LogP contribution in [0.1, 0.15) is 32.1 Å². The predicted octanol–water partition coefficient (Wildman–Crippen LogP) is 0.861. The SMILES string of the molecule is CN=C(NCC1(N2CCCC2)CCOCC1)N1CCC(CN2CCOCC2)C1. The highest BCUT2D eigenvalue weighted by atomic mass is 16.5. The maximum Gasteiger partial charge on any atom is 0.193 e. The van der Waals surface area contributed by atoms with Gasteiger partial charge in [0, 0.05) is 65.1 Å². The molecule has 1 atom stereocenters. The van der Waals surface area contributed by atoms with Crippen molar-refractivity contribution in [3.05, 3.63) is 0 Å². The Balaban J connectivity index is 1.30. The second-order valence-electron chi connectivity index (χ2n) is 8.95. The average Bonchev–Trinajstić information content (AvgIpc) is 3.43. The fourth-order valence-electron chi connectivity index (χ4n) is 5.45. The second-order valence-corrected chi connectivity index (χ2v) is 8.95. The van der Waals surface area contributed by atoms with E-state index < -0.39 is 0 Å². The van der Waals surface area contributed by atoms with Crippen molar-refractivity contribution in [3.8, 4) is 0 Å². The van der Waals surface area contributed by atoms with Crippen LogP contribution < -0.4 is 5.32 Å². The van der Waals surface area contributed by atoms with Crippen molar-refractivity contribution in [2.24, 2.45) is 10.9 Å². The van der Waals surface area contributed by atoms with Crippen LogP contribution in [-0.2, 0) is 9.47 Å². The highest BCUT2D eigenvalue weighted by molar-refractivity contribution is 5.80. The third-order valence-electron chi connectivity index (χ3n) is 7.19. The highest BCUT2D eigenvalue weighted by Gasteiger charge is 2.40. The highest BCUT2D eigenvalue weighted by Crippen LogP contribution is 2.31. The number of hydrogen-bond acceptors (Lipinski definition) is 5. The van der Waals surface area contributed by atoms with Crippen molar-refractivity contribution in [1.29, 1.82) is 0 Å². The number of rotatable bonds is 5. The molecule has 1 N–H and O–H groups in total. The van der Waals surface area contributed by atoms with Crippen LogP contribution in [0.15, 0.2) is 4.99 Å². The number of hydrogen-bond donors (Lipinski definition) is 1. The average molecular weight is 394 g/mol. The molecule has 1 unspecified atom stereocenters. The zero-order valence-corrected chi connectivity index (χ0v) is 17.7. The molecule has 0 aromatic heterocycles. The Kier molecular flexibility index (Phi) is 7.09. The fraction of sp³-hybridized carbons (Fsp3) is 0.952. The van der Waals surface area contributed by atoms with Crippen LogP contribution in [0.3, 0.4) is 0 Å². The molecule has 4 rings (SSSR count). The van der Waals surface area contributed by atoms with E-state index in [4.69, 9.17) is 9.47 Å². The zero-order valence-electron chi connectivity index (χ0n) is 17.7. The molecule has 0 aromatic rings. The number of ether oxygens (including phenoxy) is 2. The molecule has 7 heteroatoms. The van der Waals surface area contributed by atoms with Crippen LogP contribution >= 0.6 is 0 Å². The van der Waals surface area contributed by atoms with Gasteiger partial charge in [0.2, 0.25) is 0 Å². The molecule has 28 heavy (non-hydrogen) atoms. The van der Waals surface area contributed by atoms with E-state index >= 15 is 0 Å². The van der Waals surface area contributed by atoms with Gasteiger partial charge in [-0.25, -0.2) is 0 Å². The molecule has 0 aliphatic carbocycles. The van der Waals surface area contributed by atoms with Gasteiger partial charge in [0.1, 0.15) is 0 Å². The lowest BCUT2D eigenvalue weighted by Gasteiger charge is -2.45. The third-order valence-corrected chi connectivity index (χ3v) is 7.19. The molecule has 0 amide bonds. The fourth-order valence-corrected chi connectivity index (χ4v) is 5.45. The van der Waals surface area contributed by atoms with Gasteiger partial charge in [-0.3, -0.25) is 14.8 Å². The van der Waals surface area contributed by atoms with E-state index in [1.807, 2.05) is 7.05 Å². The quantitative estimate of drug-likeness (QED) is 0.552. The molecular weight excluding hydrogens is 354 g/mol.